The van der Waals surface area contributed by atoms with Gasteiger partial charge in [0.05, 0.1) is 24.8 Å². The van der Waals surface area contributed by atoms with Crippen LogP contribution in [0, 0.1) is 11.3 Å². The van der Waals surface area contributed by atoms with Crippen molar-refractivity contribution < 1.29 is 4.42 Å². The number of nitrogens with zero attached hydrogens (tertiary/aromatic N) is 3. The molecule has 3 rings (SSSR count). The average Bonchev–Trinajstić information content (AvgIpc) is 3.38. The summed E-state index contributed by atoms with van der Waals surface area (Å²) in [5.41, 5.74) is 2.41. The molecule has 0 unspecified atom stereocenters. The lowest BCUT2D eigenvalue weighted by Gasteiger charge is -2.26. The van der Waals surface area contributed by atoms with Gasteiger partial charge in [0, 0.05) is 32.4 Å². The minimum Gasteiger partial charge on any atom is -0.468 e. The molecule has 0 amide bonds. The molecule has 1 fully saturated rings. The van der Waals surface area contributed by atoms with Crippen molar-refractivity contribution in [3.63, 3.8) is 0 Å². The number of nitriles is 1. The van der Waals surface area contributed by atoms with Crippen molar-refractivity contribution in [1.82, 2.24) is 10.2 Å². The van der Waals surface area contributed by atoms with Crippen LogP contribution in [0.4, 0.5) is 5.69 Å². The van der Waals surface area contributed by atoms with Gasteiger partial charge in [-0.15, -0.1) is 0 Å². The topological polar surface area (TPSA) is 55.4 Å². The van der Waals surface area contributed by atoms with E-state index in [1.165, 1.54) is 18.4 Å². The largest absolute Gasteiger partial charge is 0.468 e. The number of hydrogen-bond acceptors (Lipinski definition) is 5. The van der Waals surface area contributed by atoms with Crippen molar-refractivity contribution in [3.05, 3.63) is 54.0 Å². The Hall–Kier alpha value is -2.29. The van der Waals surface area contributed by atoms with Gasteiger partial charge in [-0.05, 0) is 55.8 Å². The molecule has 0 spiro atoms. The van der Waals surface area contributed by atoms with Gasteiger partial charge < -0.3 is 14.6 Å². The Morgan fingerprint density at radius 3 is 2.65 bits per heavy atom. The Labute approximate surface area is 156 Å². The molecule has 1 aromatic heterocycles. The SMILES string of the molecule is CN(CCC#N)c1ccc(CNC[C@H](c2ccco2)N2CCCC2)cc1. The number of benzene rings is 1. The predicted molar refractivity (Wildman–Crippen MR) is 104 cm³/mol. The molecule has 0 bridgehead atoms. The molecule has 1 aliphatic rings. The van der Waals surface area contributed by atoms with E-state index in [-0.39, 0.29) is 0 Å². The zero-order chi connectivity index (χ0) is 18.2. The van der Waals surface area contributed by atoms with Gasteiger partial charge in [0.25, 0.3) is 0 Å². The maximum absolute atomic E-state index is 8.70. The molecular weight excluding hydrogens is 324 g/mol. The van der Waals surface area contributed by atoms with Crippen LogP contribution < -0.4 is 10.2 Å². The van der Waals surface area contributed by atoms with Crippen molar-refractivity contribution in [2.24, 2.45) is 0 Å². The summed E-state index contributed by atoms with van der Waals surface area (Å²) in [6.07, 6.45) is 4.86. The maximum atomic E-state index is 8.70. The zero-order valence-electron chi connectivity index (χ0n) is 15.5. The van der Waals surface area contributed by atoms with Crippen LogP contribution in [-0.2, 0) is 6.54 Å². The van der Waals surface area contributed by atoms with E-state index in [0.29, 0.717) is 12.5 Å². The summed E-state index contributed by atoms with van der Waals surface area (Å²) in [5.74, 6) is 1.05. The molecule has 0 radical (unpaired) electrons. The zero-order valence-corrected chi connectivity index (χ0v) is 15.5. The molecule has 0 saturated carbocycles. The molecular formula is C21H28N4O. The van der Waals surface area contributed by atoms with Gasteiger partial charge in [0.1, 0.15) is 5.76 Å². The van der Waals surface area contributed by atoms with Crippen LogP contribution >= 0.6 is 0 Å². The van der Waals surface area contributed by atoms with Gasteiger partial charge in [-0.1, -0.05) is 12.1 Å². The minimum absolute atomic E-state index is 0.309. The first-order chi connectivity index (χ1) is 12.8. The normalized spacial score (nSPS) is 15.7. The second kappa shape index (κ2) is 9.42. The van der Waals surface area contributed by atoms with E-state index in [1.54, 1.807) is 6.26 Å². The van der Waals surface area contributed by atoms with E-state index in [0.717, 1.165) is 44.2 Å². The lowest BCUT2D eigenvalue weighted by Crippen LogP contribution is -2.33. The van der Waals surface area contributed by atoms with E-state index in [2.05, 4.69) is 51.5 Å². The highest BCUT2D eigenvalue weighted by molar-refractivity contribution is 5.46. The van der Waals surface area contributed by atoms with Crippen LogP contribution in [0.1, 0.15) is 36.6 Å². The van der Waals surface area contributed by atoms with E-state index in [1.807, 2.05) is 13.1 Å². The first kappa shape index (κ1) is 18.5. The van der Waals surface area contributed by atoms with E-state index in [4.69, 9.17) is 9.68 Å². The monoisotopic (exact) mass is 352 g/mol. The van der Waals surface area contributed by atoms with Crippen molar-refractivity contribution >= 4 is 5.69 Å². The third kappa shape index (κ3) is 4.87. The summed E-state index contributed by atoms with van der Waals surface area (Å²) in [4.78, 5) is 4.62. The van der Waals surface area contributed by atoms with Crippen LogP contribution in [0.25, 0.3) is 0 Å². The predicted octanol–water partition coefficient (Wildman–Crippen LogP) is 3.56. The number of nitrogens with one attached hydrogen (secondary N) is 1. The van der Waals surface area contributed by atoms with Gasteiger partial charge in [0.2, 0.25) is 0 Å². The first-order valence-electron chi connectivity index (χ1n) is 9.43. The molecule has 5 heteroatoms. The van der Waals surface area contributed by atoms with E-state index < -0.39 is 0 Å². The lowest BCUT2D eigenvalue weighted by atomic mass is 10.1. The Morgan fingerprint density at radius 2 is 2.00 bits per heavy atom. The lowest BCUT2D eigenvalue weighted by molar-refractivity contribution is 0.209. The third-order valence-corrected chi connectivity index (χ3v) is 5.06. The average molecular weight is 352 g/mol. The Morgan fingerprint density at radius 1 is 1.23 bits per heavy atom. The molecule has 1 saturated heterocycles. The maximum Gasteiger partial charge on any atom is 0.122 e. The molecule has 2 aromatic rings. The molecule has 1 N–H and O–H groups in total. The molecule has 2 heterocycles. The van der Waals surface area contributed by atoms with Crippen molar-refractivity contribution in [1.29, 1.82) is 5.26 Å². The minimum atomic E-state index is 0.309. The van der Waals surface area contributed by atoms with Crippen molar-refractivity contribution in [2.75, 3.05) is 38.1 Å². The van der Waals surface area contributed by atoms with Crippen molar-refractivity contribution in [3.8, 4) is 6.07 Å². The Balaban J connectivity index is 1.52. The van der Waals surface area contributed by atoms with Gasteiger partial charge >= 0.3 is 0 Å². The fourth-order valence-electron chi connectivity index (χ4n) is 3.51. The fourth-order valence-corrected chi connectivity index (χ4v) is 3.51. The second-order valence-corrected chi connectivity index (χ2v) is 6.90. The standard InChI is InChI=1S/C21H28N4O/c1-24(12-5-11-22)19-9-7-18(8-10-19)16-23-17-20(21-6-4-15-26-21)25-13-2-3-14-25/h4,6-10,15,20,23H,2-3,5,12-14,16-17H2,1H3/t20-/m1/s1. The van der Waals surface area contributed by atoms with Crippen LogP contribution in [0.2, 0.25) is 0 Å². The summed E-state index contributed by atoms with van der Waals surface area (Å²) >= 11 is 0. The van der Waals surface area contributed by atoms with E-state index in [9.17, 15) is 0 Å². The highest BCUT2D eigenvalue weighted by atomic mass is 16.3. The van der Waals surface area contributed by atoms with Gasteiger partial charge in [0.15, 0.2) is 0 Å². The summed E-state index contributed by atoms with van der Waals surface area (Å²) in [6, 6.07) is 15.1. The number of hydrogen-bond donors (Lipinski definition) is 1. The van der Waals surface area contributed by atoms with Crippen LogP contribution in [0.15, 0.2) is 47.1 Å². The van der Waals surface area contributed by atoms with Gasteiger partial charge in [-0.2, -0.15) is 5.26 Å². The van der Waals surface area contributed by atoms with Gasteiger partial charge in [-0.3, -0.25) is 4.90 Å². The number of rotatable bonds is 9. The molecule has 1 aromatic carbocycles. The molecule has 1 aliphatic heterocycles. The number of likely N-dealkylation sites (tertiary alicyclic amines) is 1. The quantitative estimate of drug-likeness (QED) is 0.748. The fraction of sp³-hybridized carbons (Fsp3) is 0.476. The summed E-state index contributed by atoms with van der Waals surface area (Å²) in [7, 11) is 2.02. The highest BCUT2D eigenvalue weighted by Crippen LogP contribution is 2.25. The highest BCUT2D eigenvalue weighted by Gasteiger charge is 2.24. The summed E-state index contributed by atoms with van der Waals surface area (Å²) in [6.45, 7) is 4.78. The molecule has 1 atom stereocenters. The Bertz CT molecular complexity index is 684. The van der Waals surface area contributed by atoms with Crippen LogP contribution in [0.3, 0.4) is 0 Å². The Kier molecular flexibility index (Phi) is 6.70. The second-order valence-electron chi connectivity index (χ2n) is 6.90. The summed E-state index contributed by atoms with van der Waals surface area (Å²) in [5, 5.41) is 12.3. The number of furan rings is 1. The molecule has 5 nitrogen and oxygen atoms in total. The smallest absolute Gasteiger partial charge is 0.122 e. The number of anilines is 1. The summed E-state index contributed by atoms with van der Waals surface area (Å²) < 4.78 is 5.68. The van der Waals surface area contributed by atoms with Crippen LogP contribution in [0.5, 0.6) is 0 Å². The molecule has 0 aliphatic carbocycles. The van der Waals surface area contributed by atoms with Gasteiger partial charge in [-0.25, -0.2) is 0 Å². The third-order valence-electron chi connectivity index (χ3n) is 5.06. The molecule has 138 valence electrons. The van der Waals surface area contributed by atoms with Crippen LogP contribution in [-0.4, -0.2) is 38.1 Å². The molecule has 26 heavy (non-hydrogen) atoms. The van der Waals surface area contributed by atoms with E-state index >= 15 is 0 Å². The van der Waals surface area contributed by atoms with Crippen molar-refractivity contribution in [2.45, 2.75) is 31.8 Å². The first-order valence-corrected chi connectivity index (χ1v) is 9.43.